The molecular formula is C22H26O2. The topological polar surface area (TPSA) is 37.3 Å². The van der Waals surface area contributed by atoms with Crippen molar-refractivity contribution in [2.24, 2.45) is 23.7 Å². The highest BCUT2D eigenvalue weighted by atomic mass is 16.3. The standard InChI is InChI=1S/C22H26O2/c1-10(2)16-14-6-7-15(16)19-18(14)21(23)20(22(19)24)17-12(4)8-11(3)9-13(17)5/h8-9,14-15,18-19,23H,6-7H2,1-5H3/t14-,15+,18+,19-/m0/s1. The van der Waals surface area contributed by atoms with E-state index in [1.165, 1.54) is 16.7 Å². The summed E-state index contributed by atoms with van der Waals surface area (Å²) in [6, 6.07) is 4.22. The van der Waals surface area contributed by atoms with Crippen LogP contribution in [0.3, 0.4) is 0 Å². The first kappa shape index (κ1) is 15.7. The number of aliphatic hydroxyl groups is 1. The third-order valence-corrected chi connectivity index (χ3v) is 6.47. The molecule has 126 valence electrons. The van der Waals surface area contributed by atoms with E-state index >= 15 is 0 Å². The molecule has 4 rings (SSSR count). The van der Waals surface area contributed by atoms with E-state index in [2.05, 4.69) is 32.9 Å². The summed E-state index contributed by atoms with van der Waals surface area (Å²) in [4.78, 5) is 13.3. The zero-order chi connectivity index (χ0) is 17.3. The first-order chi connectivity index (χ1) is 11.3. The molecule has 2 nitrogen and oxygen atoms in total. The van der Waals surface area contributed by atoms with Crippen molar-refractivity contribution in [2.75, 3.05) is 0 Å². The van der Waals surface area contributed by atoms with Crippen molar-refractivity contribution in [3.8, 4) is 0 Å². The van der Waals surface area contributed by atoms with Gasteiger partial charge in [0.2, 0.25) is 0 Å². The molecule has 24 heavy (non-hydrogen) atoms. The number of rotatable bonds is 1. The van der Waals surface area contributed by atoms with Gasteiger partial charge in [-0.15, -0.1) is 0 Å². The van der Waals surface area contributed by atoms with E-state index in [4.69, 9.17) is 0 Å². The fourth-order valence-electron chi connectivity index (χ4n) is 5.92. The lowest BCUT2D eigenvalue weighted by molar-refractivity contribution is -0.118. The molecule has 1 aromatic carbocycles. The van der Waals surface area contributed by atoms with Crippen molar-refractivity contribution in [3.05, 3.63) is 51.3 Å². The van der Waals surface area contributed by atoms with Gasteiger partial charge >= 0.3 is 0 Å². The molecule has 2 saturated carbocycles. The normalized spacial score (nSPS) is 31.2. The van der Waals surface area contributed by atoms with Crippen LogP contribution in [-0.4, -0.2) is 10.9 Å². The molecule has 4 atom stereocenters. The maximum atomic E-state index is 13.3. The highest BCUT2D eigenvalue weighted by Gasteiger charge is 2.60. The van der Waals surface area contributed by atoms with Crippen LogP contribution in [0, 0.1) is 44.4 Å². The molecule has 2 fully saturated rings. The van der Waals surface area contributed by atoms with Crippen LogP contribution in [0.1, 0.15) is 48.9 Å². The van der Waals surface area contributed by atoms with Gasteiger partial charge < -0.3 is 5.11 Å². The predicted octanol–water partition coefficient (Wildman–Crippen LogP) is 5.07. The summed E-state index contributed by atoms with van der Waals surface area (Å²) in [7, 11) is 0. The number of fused-ring (bicyclic) bond motifs is 5. The fraction of sp³-hybridized carbons (Fsp3) is 0.500. The van der Waals surface area contributed by atoms with Gasteiger partial charge in [-0.05, 0) is 76.0 Å². The number of carbonyl (C=O) groups excluding carboxylic acids is 1. The quantitative estimate of drug-likeness (QED) is 0.733. The van der Waals surface area contributed by atoms with E-state index in [0.29, 0.717) is 23.2 Å². The Morgan fingerprint density at radius 2 is 1.54 bits per heavy atom. The first-order valence-electron chi connectivity index (χ1n) is 9.05. The SMILES string of the molecule is CC(C)=C1[C@H]2CC[C@@H]1[C@H]1C(O)=C(c3c(C)cc(C)cc3C)C(=O)[C@H]12. The minimum atomic E-state index is -0.0243. The molecule has 0 aromatic heterocycles. The number of hydrogen-bond donors (Lipinski definition) is 1. The molecule has 0 aliphatic heterocycles. The van der Waals surface area contributed by atoms with E-state index in [9.17, 15) is 9.90 Å². The van der Waals surface area contributed by atoms with Gasteiger partial charge in [0.25, 0.3) is 0 Å². The lowest BCUT2D eigenvalue weighted by atomic mass is 9.80. The van der Waals surface area contributed by atoms with Gasteiger partial charge in [0.1, 0.15) is 5.76 Å². The number of carbonyl (C=O) groups is 1. The zero-order valence-corrected chi connectivity index (χ0v) is 15.2. The maximum absolute atomic E-state index is 13.3. The summed E-state index contributed by atoms with van der Waals surface area (Å²) in [5, 5.41) is 11.1. The molecule has 1 N–H and O–H groups in total. The molecule has 2 bridgehead atoms. The minimum absolute atomic E-state index is 0.0243. The van der Waals surface area contributed by atoms with Crippen LogP contribution in [0.25, 0.3) is 5.57 Å². The van der Waals surface area contributed by atoms with E-state index in [1.54, 1.807) is 0 Å². The van der Waals surface area contributed by atoms with Gasteiger partial charge in [-0.2, -0.15) is 0 Å². The Balaban J connectivity index is 1.88. The largest absolute Gasteiger partial charge is 0.511 e. The number of Topliss-reactive ketones (excluding diaryl/α,β-unsaturated/α-hetero) is 1. The van der Waals surface area contributed by atoms with E-state index in [-0.39, 0.29) is 17.6 Å². The molecule has 0 unspecified atom stereocenters. The molecule has 0 radical (unpaired) electrons. The van der Waals surface area contributed by atoms with Crippen molar-refractivity contribution in [1.29, 1.82) is 0 Å². The van der Waals surface area contributed by atoms with E-state index in [1.807, 2.05) is 13.8 Å². The molecule has 0 saturated heterocycles. The minimum Gasteiger partial charge on any atom is -0.511 e. The highest BCUT2D eigenvalue weighted by molar-refractivity contribution is 6.26. The Labute approximate surface area is 144 Å². The van der Waals surface area contributed by atoms with E-state index in [0.717, 1.165) is 29.5 Å². The van der Waals surface area contributed by atoms with Crippen LogP contribution in [0.2, 0.25) is 0 Å². The number of benzene rings is 1. The third-order valence-electron chi connectivity index (χ3n) is 6.47. The number of allylic oxidation sites excluding steroid dienone is 4. The summed E-state index contributed by atoms with van der Waals surface area (Å²) in [6.45, 7) is 10.5. The maximum Gasteiger partial charge on any atom is 0.171 e. The smallest absolute Gasteiger partial charge is 0.171 e. The molecule has 0 spiro atoms. The Hall–Kier alpha value is -1.83. The Morgan fingerprint density at radius 3 is 2.04 bits per heavy atom. The summed E-state index contributed by atoms with van der Waals surface area (Å²) >= 11 is 0. The van der Waals surface area contributed by atoms with Gasteiger partial charge in [0.05, 0.1) is 5.57 Å². The lowest BCUT2D eigenvalue weighted by Crippen LogP contribution is -2.24. The van der Waals surface area contributed by atoms with Crippen LogP contribution in [0.4, 0.5) is 0 Å². The first-order valence-corrected chi connectivity index (χ1v) is 9.05. The van der Waals surface area contributed by atoms with Crippen molar-refractivity contribution in [2.45, 2.75) is 47.5 Å². The van der Waals surface area contributed by atoms with Crippen molar-refractivity contribution in [1.82, 2.24) is 0 Å². The summed E-state index contributed by atoms with van der Waals surface area (Å²) in [5.41, 5.74) is 7.78. The monoisotopic (exact) mass is 322 g/mol. The van der Waals surface area contributed by atoms with Gasteiger partial charge in [0.15, 0.2) is 5.78 Å². The Morgan fingerprint density at radius 1 is 1.00 bits per heavy atom. The Bertz CT molecular complexity index is 797. The van der Waals surface area contributed by atoms with Crippen LogP contribution in [0.5, 0.6) is 0 Å². The van der Waals surface area contributed by atoms with Crippen molar-refractivity contribution in [3.63, 3.8) is 0 Å². The lowest BCUT2D eigenvalue weighted by Gasteiger charge is -2.22. The average molecular weight is 322 g/mol. The van der Waals surface area contributed by atoms with Gasteiger partial charge in [-0.1, -0.05) is 28.8 Å². The highest BCUT2D eigenvalue weighted by Crippen LogP contribution is 2.63. The number of aryl methyl sites for hydroxylation is 3. The van der Waals surface area contributed by atoms with Crippen LogP contribution >= 0.6 is 0 Å². The average Bonchev–Trinajstić information content (AvgIpc) is 3.11. The Kier molecular flexibility index (Phi) is 3.32. The molecular weight excluding hydrogens is 296 g/mol. The molecule has 1 aromatic rings. The van der Waals surface area contributed by atoms with Crippen molar-refractivity contribution < 1.29 is 9.90 Å². The van der Waals surface area contributed by atoms with E-state index < -0.39 is 0 Å². The van der Waals surface area contributed by atoms with Gasteiger partial charge in [0, 0.05) is 11.8 Å². The second-order valence-corrected chi connectivity index (χ2v) is 8.20. The summed E-state index contributed by atoms with van der Waals surface area (Å²) in [6.07, 6.45) is 2.22. The van der Waals surface area contributed by atoms with Gasteiger partial charge in [-0.3, -0.25) is 4.79 Å². The summed E-state index contributed by atoms with van der Waals surface area (Å²) < 4.78 is 0. The van der Waals surface area contributed by atoms with Crippen LogP contribution in [0.15, 0.2) is 29.0 Å². The predicted molar refractivity (Wildman–Crippen MR) is 96.8 cm³/mol. The van der Waals surface area contributed by atoms with Crippen molar-refractivity contribution >= 4 is 11.4 Å². The second-order valence-electron chi connectivity index (χ2n) is 8.20. The number of aliphatic hydroxyl groups excluding tert-OH is 1. The third kappa shape index (κ3) is 1.86. The molecule has 0 heterocycles. The molecule has 0 amide bonds. The molecule has 3 aliphatic rings. The summed E-state index contributed by atoms with van der Waals surface area (Å²) in [5.74, 6) is 1.27. The van der Waals surface area contributed by atoms with Crippen LogP contribution < -0.4 is 0 Å². The van der Waals surface area contributed by atoms with Crippen LogP contribution in [-0.2, 0) is 4.79 Å². The molecule has 2 heteroatoms. The number of hydrogen-bond acceptors (Lipinski definition) is 2. The number of ketones is 1. The fourth-order valence-corrected chi connectivity index (χ4v) is 5.92. The zero-order valence-electron chi connectivity index (χ0n) is 15.2. The molecule has 3 aliphatic carbocycles. The second kappa shape index (κ2) is 5.08. The van der Waals surface area contributed by atoms with Gasteiger partial charge in [-0.25, -0.2) is 0 Å².